The second kappa shape index (κ2) is 5.16. The van der Waals surface area contributed by atoms with Gasteiger partial charge in [-0.25, -0.2) is 4.68 Å². The molecule has 1 unspecified atom stereocenters. The van der Waals surface area contributed by atoms with Gasteiger partial charge in [-0.05, 0) is 23.3 Å². The van der Waals surface area contributed by atoms with Crippen molar-refractivity contribution in [1.82, 2.24) is 20.2 Å². The summed E-state index contributed by atoms with van der Waals surface area (Å²) in [4.78, 5) is 0.571. The summed E-state index contributed by atoms with van der Waals surface area (Å²) >= 11 is 3.56. The van der Waals surface area contributed by atoms with Gasteiger partial charge < -0.3 is 5.32 Å². The average Bonchev–Trinajstić information content (AvgIpc) is 2.52. The molecule has 1 aromatic rings. The maximum Gasteiger partial charge on any atom is 0.242 e. The Morgan fingerprint density at radius 2 is 2.38 bits per heavy atom. The maximum absolute atomic E-state index is 3.81. The summed E-state index contributed by atoms with van der Waals surface area (Å²) < 4.78 is 1.62. The molecule has 0 aromatic carbocycles. The lowest BCUT2D eigenvalue weighted by Gasteiger charge is -2.07. The number of aryl methyl sites for hydroxylation is 1. The molecule has 1 N–H and O–H groups in total. The van der Waals surface area contributed by atoms with Crippen LogP contribution in [0.1, 0.15) is 19.8 Å². The Morgan fingerprint density at radius 3 is 2.92 bits per heavy atom. The van der Waals surface area contributed by atoms with Gasteiger partial charge in [0.2, 0.25) is 5.95 Å². The van der Waals surface area contributed by atoms with E-state index < -0.39 is 0 Å². The normalized spacial score (nSPS) is 12.8. The standard InChI is InChI=1S/C7H14BrN5/c1-3-6(8)4-5-9-7-10-11-12-13(7)2/h6H,3-5H2,1-2H3,(H,9,10,12). The summed E-state index contributed by atoms with van der Waals surface area (Å²) in [6.45, 7) is 3.04. The van der Waals surface area contributed by atoms with E-state index in [4.69, 9.17) is 0 Å². The maximum atomic E-state index is 3.81. The van der Waals surface area contributed by atoms with Crippen LogP contribution < -0.4 is 5.32 Å². The number of halogens is 1. The van der Waals surface area contributed by atoms with E-state index >= 15 is 0 Å². The van der Waals surface area contributed by atoms with Gasteiger partial charge in [-0.3, -0.25) is 0 Å². The number of aromatic nitrogens is 4. The molecule has 13 heavy (non-hydrogen) atoms. The molecule has 0 radical (unpaired) electrons. The van der Waals surface area contributed by atoms with E-state index in [1.165, 1.54) is 0 Å². The zero-order valence-corrected chi connectivity index (χ0v) is 9.45. The molecule has 1 rings (SSSR count). The molecule has 0 saturated heterocycles. The monoisotopic (exact) mass is 247 g/mol. The Bertz CT molecular complexity index is 249. The topological polar surface area (TPSA) is 55.6 Å². The minimum absolute atomic E-state index is 0.571. The smallest absolute Gasteiger partial charge is 0.242 e. The van der Waals surface area contributed by atoms with Crippen LogP contribution in [0, 0.1) is 0 Å². The van der Waals surface area contributed by atoms with Crippen molar-refractivity contribution < 1.29 is 0 Å². The predicted molar refractivity (Wildman–Crippen MR) is 54.9 cm³/mol. The Kier molecular flexibility index (Phi) is 4.14. The van der Waals surface area contributed by atoms with Crippen molar-refractivity contribution in [3.8, 4) is 0 Å². The highest BCUT2D eigenvalue weighted by Gasteiger charge is 2.02. The van der Waals surface area contributed by atoms with E-state index in [0.717, 1.165) is 25.3 Å². The van der Waals surface area contributed by atoms with Crippen LogP contribution in [-0.2, 0) is 7.05 Å². The molecule has 0 fully saturated rings. The molecular weight excluding hydrogens is 234 g/mol. The number of alkyl halides is 1. The van der Waals surface area contributed by atoms with Gasteiger partial charge in [0.25, 0.3) is 0 Å². The molecule has 74 valence electrons. The van der Waals surface area contributed by atoms with Crippen LogP contribution in [0.2, 0.25) is 0 Å². The lowest BCUT2D eigenvalue weighted by molar-refractivity contribution is 0.707. The van der Waals surface area contributed by atoms with Crippen molar-refractivity contribution >= 4 is 21.9 Å². The number of hydrogen-bond acceptors (Lipinski definition) is 4. The van der Waals surface area contributed by atoms with E-state index in [0.29, 0.717) is 4.83 Å². The molecule has 0 aliphatic heterocycles. The van der Waals surface area contributed by atoms with E-state index in [2.05, 4.69) is 43.7 Å². The fraction of sp³-hybridized carbons (Fsp3) is 0.857. The first-order valence-electron chi connectivity index (χ1n) is 4.34. The quantitative estimate of drug-likeness (QED) is 0.795. The van der Waals surface area contributed by atoms with Gasteiger partial charge in [-0.1, -0.05) is 28.0 Å². The van der Waals surface area contributed by atoms with E-state index in [1.807, 2.05) is 7.05 Å². The zero-order chi connectivity index (χ0) is 9.68. The lowest BCUT2D eigenvalue weighted by Crippen LogP contribution is -2.11. The van der Waals surface area contributed by atoms with Crippen LogP contribution in [-0.4, -0.2) is 31.6 Å². The Hall–Kier alpha value is -0.650. The van der Waals surface area contributed by atoms with E-state index in [-0.39, 0.29) is 0 Å². The number of nitrogens with zero attached hydrogens (tertiary/aromatic N) is 4. The van der Waals surface area contributed by atoms with Gasteiger partial charge in [-0.15, -0.1) is 0 Å². The lowest BCUT2D eigenvalue weighted by atomic mass is 10.2. The molecule has 0 aliphatic rings. The summed E-state index contributed by atoms with van der Waals surface area (Å²) in [6.07, 6.45) is 2.21. The van der Waals surface area contributed by atoms with Crippen molar-refractivity contribution in [2.24, 2.45) is 7.05 Å². The highest BCUT2D eigenvalue weighted by atomic mass is 79.9. The summed E-state index contributed by atoms with van der Waals surface area (Å²) in [6, 6.07) is 0. The van der Waals surface area contributed by atoms with Crippen LogP contribution >= 0.6 is 15.9 Å². The first kappa shape index (κ1) is 10.4. The fourth-order valence-electron chi connectivity index (χ4n) is 0.924. The highest BCUT2D eigenvalue weighted by molar-refractivity contribution is 9.09. The largest absolute Gasteiger partial charge is 0.353 e. The van der Waals surface area contributed by atoms with Gasteiger partial charge in [0.1, 0.15) is 0 Å². The van der Waals surface area contributed by atoms with E-state index in [1.54, 1.807) is 4.68 Å². The van der Waals surface area contributed by atoms with Gasteiger partial charge in [0.05, 0.1) is 0 Å². The second-order valence-corrected chi connectivity index (χ2v) is 4.14. The summed E-state index contributed by atoms with van der Waals surface area (Å²) in [5.74, 6) is 0.718. The van der Waals surface area contributed by atoms with Crippen molar-refractivity contribution in [1.29, 1.82) is 0 Å². The molecule has 0 bridgehead atoms. The number of anilines is 1. The minimum atomic E-state index is 0.571. The molecule has 1 atom stereocenters. The molecule has 5 nitrogen and oxygen atoms in total. The van der Waals surface area contributed by atoms with Crippen LogP contribution in [0.4, 0.5) is 5.95 Å². The fourth-order valence-corrected chi connectivity index (χ4v) is 1.15. The summed E-state index contributed by atoms with van der Waals surface area (Å²) in [5.41, 5.74) is 0. The third-order valence-electron chi connectivity index (χ3n) is 1.80. The van der Waals surface area contributed by atoms with Crippen molar-refractivity contribution in [3.63, 3.8) is 0 Å². The van der Waals surface area contributed by atoms with Gasteiger partial charge in [0.15, 0.2) is 0 Å². The Morgan fingerprint density at radius 1 is 1.62 bits per heavy atom. The molecule has 0 aliphatic carbocycles. The van der Waals surface area contributed by atoms with Gasteiger partial charge in [0, 0.05) is 18.4 Å². The summed E-state index contributed by atoms with van der Waals surface area (Å²) in [5, 5.41) is 14.2. The molecule has 0 amide bonds. The molecule has 1 aromatic heterocycles. The van der Waals surface area contributed by atoms with Crippen molar-refractivity contribution in [2.45, 2.75) is 24.6 Å². The van der Waals surface area contributed by atoms with Crippen LogP contribution in [0.3, 0.4) is 0 Å². The third-order valence-corrected chi connectivity index (χ3v) is 2.91. The second-order valence-electron chi connectivity index (χ2n) is 2.85. The number of nitrogens with one attached hydrogen (secondary N) is 1. The number of rotatable bonds is 5. The Balaban J connectivity index is 2.24. The SMILES string of the molecule is CCC(Br)CCNc1nnnn1C. The van der Waals surface area contributed by atoms with Gasteiger partial charge in [-0.2, -0.15) is 0 Å². The zero-order valence-electron chi connectivity index (χ0n) is 7.87. The molecule has 6 heteroatoms. The first-order valence-corrected chi connectivity index (χ1v) is 5.26. The summed E-state index contributed by atoms with van der Waals surface area (Å²) in [7, 11) is 1.81. The van der Waals surface area contributed by atoms with Crippen LogP contribution in [0.5, 0.6) is 0 Å². The molecule has 0 spiro atoms. The molecule has 1 heterocycles. The van der Waals surface area contributed by atoms with E-state index in [9.17, 15) is 0 Å². The third kappa shape index (κ3) is 3.30. The van der Waals surface area contributed by atoms with Gasteiger partial charge >= 0.3 is 0 Å². The molecular formula is C7H14BrN5. The minimum Gasteiger partial charge on any atom is -0.353 e. The van der Waals surface area contributed by atoms with Crippen LogP contribution in [0.15, 0.2) is 0 Å². The van der Waals surface area contributed by atoms with Crippen molar-refractivity contribution in [3.05, 3.63) is 0 Å². The molecule has 0 saturated carbocycles. The number of hydrogen-bond donors (Lipinski definition) is 1. The Labute approximate surface area is 86.0 Å². The average molecular weight is 248 g/mol. The predicted octanol–water partition coefficient (Wildman–Crippen LogP) is 1.19. The van der Waals surface area contributed by atoms with Crippen molar-refractivity contribution in [2.75, 3.05) is 11.9 Å². The van der Waals surface area contributed by atoms with Crippen LogP contribution in [0.25, 0.3) is 0 Å². The highest BCUT2D eigenvalue weighted by Crippen LogP contribution is 2.09. The first-order chi connectivity index (χ1) is 6.24. The number of tetrazole rings is 1.